The predicted molar refractivity (Wildman–Crippen MR) is 80.3 cm³/mol. The smallest absolute Gasteiger partial charge is 0.143 e. The fourth-order valence-electron chi connectivity index (χ4n) is 2.05. The Bertz CT molecular complexity index is 777. The van der Waals surface area contributed by atoms with Crippen molar-refractivity contribution in [1.82, 2.24) is 0 Å². The first-order valence-corrected chi connectivity index (χ1v) is 6.64. The second-order valence-corrected chi connectivity index (χ2v) is 5.29. The first-order chi connectivity index (χ1) is 9.18. The lowest BCUT2D eigenvalue weighted by molar-refractivity contribution is 0.482. The summed E-state index contributed by atoms with van der Waals surface area (Å²) in [5.41, 5.74) is 7.33. The zero-order valence-electron chi connectivity index (χ0n) is 10.1. The normalized spacial score (nSPS) is 10.7. The molecule has 0 bridgehead atoms. The van der Waals surface area contributed by atoms with E-state index in [-0.39, 0.29) is 11.5 Å². The second kappa shape index (κ2) is 4.40. The van der Waals surface area contributed by atoms with Crippen LogP contribution in [0.5, 0.6) is 5.75 Å². The van der Waals surface area contributed by atoms with Gasteiger partial charge in [-0.1, -0.05) is 30.3 Å². The van der Waals surface area contributed by atoms with Crippen molar-refractivity contribution in [3.05, 3.63) is 59.0 Å². The van der Waals surface area contributed by atoms with Crippen molar-refractivity contribution in [1.29, 1.82) is 5.41 Å². The molecule has 1 aromatic heterocycles. The molecule has 3 nitrogen and oxygen atoms in total. The van der Waals surface area contributed by atoms with E-state index in [0.717, 1.165) is 10.1 Å². The molecule has 0 unspecified atom stereocenters. The molecule has 0 atom stereocenters. The van der Waals surface area contributed by atoms with Crippen molar-refractivity contribution in [3.8, 4) is 5.75 Å². The van der Waals surface area contributed by atoms with Crippen molar-refractivity contribution in [2.45, 2.75) is 0 Å². The van der Waals surface area contributed by atoms with Gasteiger partial charge in [0.1, 0.15) is 5.75 Å². The summed E-state index contributed by atoms with van der Waals surface area (Å²) in [6.45, 7) is 0. The van der Waals surface area contributed by atoms with Gasteiger partial charge in [-0.05, 0) is 18.2 Å². The van der Waals surface area contributed by atoms with Crippen LogP contribution < -0.4 is 5.73 Å². The van der Waals surface area contributed by atoms with Crippen LogP contribution in [0.2, 0.25) is 0 Å². The number of anilines is 1. The van der Waals surface area contributed by atoms with Gasteiger partial charge < -0.3 is 10.8 Å². The fourth-order valence-corrected chi connectivity index (χ4v) is 3.11. The summed E-state index contributed by atoms with van der Waals surface area (Å²) in [5.74, 6) is 0.161. The summed E-state index contributed by atoms with van der Waals surface area (Å²) >= 11 is 1.41. The molecule has 3 rings (SSSR count). The van der Waals surface area contributed by atoms with Crippen LogP contribution in [0.25, 0.3) is 10.1 Å². The molecule has 0 fully saturated rings. The van der Waals surface area contributed by atoms with Crippen molar-refractivity contribution in [2.24, 2.45) is 0 Å². The highest BCUT2D eigenvalue weighted by Crippen LogP contribution is 2.38. The maximum absolute atomic E-state index is 10.2. The van der Waals surface area contributed by atoms with E-state index in [1.54, 1.807) is 12.1 Å². The molecule has 94 valence electrons. The minimum atomic E-state index is 0.161. The number of aromatic hydroxyl groups is 1. The Morgan fingerprint density at radius 3 is 2.47 bits per heavy atom. The first-order valence-electron chi connectivity index (χ1n) is 5.83. The summed E-state index contributed by atoms with van der Waals surface area (Å²) in [4.78, 5) is 0.555. The molecule has 0 saturated heterocycles. The minimum absolute atomic E-state index is 0.161. The van der Waals surface area contributed by atoms with E-state index in [9.17, 15) is 5.11 Å². The number of benzene rings is 2. The third-order valence-electron chi connectivity index (χ3n) is 3.03. The standard InChI is InChI=1S/C15H12N2OS/c16-11-7-3-1-5-9(11)13(17)15-14(18)10-6-2-4-8-12(10)19-15/h1-8,17-18H,16H2. The number of rotatable bonds is 2. The third-order valence-corrected chi connectivity index (χ3v) is 4.20. The summed E-state index contributed by atoms with van der Waals surface area (Å²) in [6, 6.07) is 14.8. The molecule has 0 saturated carbocycles. The predicted octanol–water partition coefficient (Wildman–Crippen LogP) is 3.61. The van der Waals surface area contributed by atoms with Crippen molar-refractivity contribution < 1.29 is 5.11 Å². The molecular formula is C15H12N2OS. The molecule has 1 heterocycles. The van der Waals surface area contributed by atoms with Crippen molar-refractivity contribution in [2.75, 3.05) is 5.73 Å². The molecule has 4 N–H and O–H groups in total. The molecule has 2 aromatic carbocycles. The van der Waals surface area contributed by atoms with Gasteiger partial charge in [-0.3, -0.25) is 5.41 Å². The van der Waals surface area contributed by atoms with Gasteiger partial charge in [-0.2, -0.15) is 0 Å². The number of hydrogen-bond donors (Lipinski definition) is 3. The van der Waals surface area contributed by atoms with Gasteiger partial charge >= 0.3 is 0 Å². The van der Waals surface area contributed by atoms with Gasteiger partial charge in [0, 0.05) is 21.3 Å². The zero-order chi connectivity index (χ0) is 13.4. The lowest BCUT2D eigenvalue weighted by Gasteiger charge is -2.05. The van der Waals surface area contributed by atoms with Crippen LogP contribution in [0.15, 0.2) is 48.5 Å². The highest BCUT2D eigenvalue weighted by atomic mass is 32.1. The van der Waals surface area contributed by atoms with Crippen LogP contribution >= 0.6 is 11.3 Å². The van der Waals surface area contributed by atoms with Gasteiger partial charge in [0.15, 0.2) is 0 Å². The van der Waals surface area contributed by atoms with Gasteiger partial charge in [0.2, 0.25) is 0 Å². The Balaban J connectivity index is 2.17. The number of para-hydroxylation sites is 1. The first kappa shape index (κ1) is 11.7. The van der Waals surface area contributed by atoms with E-state index in [2.05, 4.69) is 0 Å². The quantitative estimate of drug-likeness (QED) is 0.491. The van der Waals surface area contributed by atoms with E-state index in [1.165, 1.54) is 11.3 Å². The third kappa shape index (κ3) is 1.86. The Labute approximate surface area is 114 Å². The summed E-state index contributed by atoms with van der Waals surface area (Å²) < 4.78 is 0.967. The van der Waals surface area contributed by atoms with Gasteiger partial charge in [-0.25, -0.2) is 0 Å². The molecule has 0 aliphatic carbocycles. The Morgan fingerprint density at radius 2 is 1.74 bits per heavy atom. The molecule has 0 radical (unpaired) electrons. The van der Waals surface area contributed by atoms with Gasteiger partial charge in [-0.15, -0.1) is 11.3 Å². The van der Waals surface area contributed by atoms with E-state index in [0.29, 0.717) is 16.1 Å². The highest BCUT2D eigenvalue weighted by Gasteiger charge is 2.17. The zero-order valence-corrected chi connectivity index (χ0v) is 10.9. The van der Waals surface area contributed by atoms with Crippen LogP contribution in [0, 0.1) is 5.41 Å². The van der Waals surface area contributed by atoms with E-state index in [1.807, 2.05) is 36.4 Å². The van der Waals surface area contributed by atoms with Crippen LogP contribution in [0.3, 0.4) is 0 Å². The number of nitrogens with two attached hydrogens (primary N) is 1. The fraction of sp³-hybridized carbons (Fsp3) is 0. The maximum Gasteiger partial charge on any atom is 0.143 e. The van der Waals surface area contributed by atoms with E-state index in [4.69, 9.17) is 11.1 Å². The average molecular weight is 268 g/mol. The number of nitrogens with one attached hydrogen (secondary N) is 1. The van der Waals surface area contributed by atoms with E-state index >= 15 is 0 Å². The SMILES string of the molecule is N=C(c1ccccc1N)c1sc2ccccc2c1O. The summed E-state index contributed by atoms with van der Waals surface area (Å²) in [7, 11) is 0. The average Bonchev–Trinajstić information content (AvgIpc) is 2.77. The Hall–Kier alpha value is -2.33. The summed E-state index contributed by atoms with van der Waals surface area (Å²) in [6.07, 6.45) is 0. The maximum atomic E-state index is 10.2. The second-order valence-electron chi connectivity index (χ2n) is 4.24. The molecule has 0 amide bonds. The van der Waals surface area contributed by atoms with Crippen LogP contribution in [0.1, 0.15) is 10.4 Å². The number of nitrogen functional groups attached to an aromatic ring is 1. The molecule has 0 aliphatic heterocycles. The molecular weight excluding hydrogens is 256 g/mol. The summed E-state index contributed by atoms with van der Waals surface area (Å²) in [5, 5.41) is 19.3. The lowest BCUT2D eigenvalue weighted by Crippen LogP contribution is -2.03. The highest BCUT2D eigenvalue weighted by molar-refractivity contribution is 7.21. The number of thiophene rings is 1. The van der Waals surface area contributed by atoms with Crippen LogP contribution in [-0.2, 0) is 0 Å². The Morgan fingerprint density at radius 1 is 1.05 bits per heavy atom. The van der Waals surface area contributed by atoms with Gasteiger partial charge in [0.05, 0.1) is 10.6 Å². The van der Waals surface area contributed by atoms with Crippen molar-refractivity contribution in [3.63, 3.8) is 0 Å². The van der Waals surface area contributed by atoms with Crippen LogP contribution in [-0.4, -0.2) is 10.8 Å². The van der Waals surface area contributed by atoms with E-state index < -0.39 is 0 Å². The minimum Gasteiger partial charge on any atom is -0.506 e. The molecule has 0 spiro atoms. The molecule has 3 aromatic rings. The van der Waals surface area contributed by atoms with Crippen molar-refractivity contribution >= 4 is 32.8 Å². The monoisotopic (exact) mass is 268 g/mol. The molecule has 0 aliphatic rings. The lowest BCUT2D eigenvalue weighted by atomic mass is 10.1. The van der Waals surface area contributed by atoms with Gasteiger partial charge in [0.25, 0.3) is 0 Å². The number of hydrogen-bond acceptors (Lipinski definition) is 4. The number of fused-ring (bicyclic) bond motifs is 1. The molecule has 4 heteroatoms. The Kier molecular flexibility index (Phi) is 2.72. The molecule has 19 heavy (non-hydrogen) atoms. The topological polar surface area (TPSA) is 70.1 Å². The largest absolute Gasteiger partial charge is 0.506 e. The van der Waals surface area contributed by atoms with Crippen LogP contribution in [0.4, 0.5) is 5.69 Å².